The quantitative estimate of drug-likeness (QED) is 0.669. The number of thioether (sulfide) groups is 1. The molecule has 4 nitrogen and oxygen atoms in total. The van der Waals surface area contributed by atoms with Crippen molar-refractivity contribution >= 4 is 53.8 Å². The van der Waals surface area contributed by atoms with Crippen molar-refractivity contribution in [2.75, 3.05) is 13.1 Å². The number of benzene rings is 1. The molecular formula is C19H27Cl2N3OS2. The Morgan fingerprint density at radius 3 is 2.67 bits per heavy atom. The first-order chi connectivity index (χ1) is 12.0. The van der Waals surface area contributed by atoms with Crippen molar-refractivity contribution in [3.63, 3.8) is 0 Å². The molecule has 2 atom stereocenters. The molecule has 8 heteroatoms. The molecule has 150 valence electrons. The van der Waals surface area contributed by atoms with E-state index in [0.717, 1.165) is 52.8 Å². The maximum atomic E-state index is 12.7. The summed E-state index contributed by atoms with van der Waals surface area (Å²) in [6.07, 6.45) is 2.16. The number of nitrogens with two attached hydrogens (primary N) is 1. The van der Waals surface area contributed by atoms with Gasteiger partial charge in [-0.05, 0) is 56.9 Å². The molecule has 1 amide bonds. The lowest BCUT2D eigenvalue weighted by Crippen LogP contribution is -2.45. The van der Waals surface area contributed by atoms with Crippen LogP contribution in [0.5, 0.6) is 0 Å². The average molecular weight is 448 g/mol. The molecule has 1 aromatic heterocycles. The normalized spacial score (nSPS) is 17.6. The molecule has 3 rings (SSSR count). The predicted octanol–water partition coefficient (Wildman–Crippen LogP) is 4.79. The van der Waals surface area contributed by atoms with Crippen LogP contribution in [-0.4, -0.2) is 34.9 Å². The lowest BCUT2D eigenvalue weighted by atomic mass is 9.92. The van der Waals surface area contributed by atoms with E-state index in [1.54, 1.807) is 23.1 Å². The van der Waals surface area contributed by atoms with Gasteiger partial charge >= 0.3 is 0 Å². The van der Waals surface area contributed by atoms with Crippen molar-refractivity contribution < 1.29 is 4.79 Å². The third kappa shape index (κ3) is 6.64. The fourth-order valence-electron chi connectivity index (χ4n) is 3.13. The largest absolute Gasteiger partial charge is 0.338 e. The van der Waals surface area contributed by atoms with E-state index in [1.807, 2.05) is 43.0 Å². The number of piperidine rings is 1. The van der Waals surface area contributed by atoms with Gasteiger partial charge < -0.3 is 10.6 Å². The smallest absolute Gasteiger partial charge is 0.253 e. The minimum atomic E-state index is 0. The van der Waals surface area contributed by atoms with E-state index in [0.29, 0.717) is 5.92 Å². The number of rotatable bonds is 5. The van der Waals surface area contributed by atoms with Gasteiger partial charge in [0, 0.05) is 40.7 Å². The number of carbonyl (C=O) groups is 1. The second-order valence-electron chi connectivity index (χ2n) is 6.68. The molecule has 2 aromatic rings. The Kier molecular flexibility index (Phi) is 10.1. The molecule has 2 unspecified atom stereocenters. The summed E-state index contributed by atoms with van der Waals surface area (Å²) < 4.78 is 0. The Labute approximate surface area is 182 Å². The van der Waals surface area contributed by atoms with Crippen LogP contribution in [0.4, 0.5) is 0 Å². The van der Waals surface area contributed by atoms with Gasteiger partial charge in [-0.2, -0.15) is 0 Å². The van der Waals surface area contributed by atoms with Gasteiger partial charge in [-0.1, -0.05) is 0 Å². The topological polar surface area (TPSA) is 59.2 Å². The van der Waals surface area contributed by atoms with E-state index in [-0.39, 0.29) is 36.8 Å². The lowest BCUT2D eigenvalue weighted by Gasteiger charge is -2.34. The van der Waals surface area contributed by atoms with Crippen LogP contribution in [-0.2, 0) is 5.75 Å². The molecule has 0 saturated carbocycles. The Morgan fingerprint density at radius 2 is 2.07 bits per heavy atom. The second-order valence-corrected chi connectivity index (χ2v) is 8.79. The van der Waals surface area contributed by atoms with Gasteiger partial charge in [0.2, 0.25) is 0 Å². The highest BCUT2D eigenvalue weighted by molar-refractivity contribution is 7.98. The van der Waals surface area contributed by atoms with Gasteiger partial charge in [0.25, 0.3) is 5.91 Å². The number of aryl methyl sites for hydroxylation is 1. The van der Waals surface area contributed by atoms with E-state index in [1.165, 1.54) is 0 Å². The number of nitrogens with zero attached hydrogens (tertiary/aromatic N) is 2. The van der Waals surface area contributed by atoms with E-state index in [2.05, 4.69) is 10.4 Å². The molecule has 1 saturated heterocycles. The fraction of sp³-hybridized carbons (Fsp3) is 0.474. The molecular weight excluding hydrogens is 421 g/mol. The van der Waals surface area contributed by atoms with Crippen molar-refractivity contribution in [3.8, 4) is 0 Å². The van der Waals surface area contributed by atoms with E-state index >= 15 is 0 Å². The monoisotopic (exact) mass is 447 g/mol. The first kappa shape index (κ1) is 24.2. The standard InChI is InChI=1S/C19H25N3OS2.2ClH/c1-13(20)16-4-3-9-22(10-16)19(23)15-5-7-18(8-6-15)25-12-17-11-24-14(2)21-17;;/h5-8,11,13,16H,3-4,9-10,12,20H2,1-2H3;2*1H. The summed E-state index contributed by atoms with van der Waals surface area (Å²) in [4.78, 5) is 20.3. The van der Waals surface area contributed by atoms with Crippen LogP contribution in [0.1, 0.15) is 40.8 Å². The molecule has 27 heavy (non-hydrogen) atoms. The molecule has 2 heterocycles. The Balaban J connectivity index is 0.00000182. The number of halogens is 2. The minimum Gasteiger partial charge on any atom is -0.338 e. The fourth-order valence-corrected chi connectivity index (χ4v) is 4.64. The van der Waals surface area contributed by atoms with Crippen LogP contribution in [0.2, 0.25) is 0 Å². The van der Waals surface area contributed by atoms with Gasteiger partial charge in [-0.3, -0.25) is 4.79 Å². The summed E-state index contributed by atoms with van der Waals surface area (Å²) in [5.74, 6) is 1.39. The highest BCUT2D eigenvalue weighted by Gasteiger charge is 2.26. The van der Waals surface area contributed by atoms with E-state index < -0.39 is 0 Å². The van der Waals surface area contributed by atoms with E-state index in [9.17, 15) is 4.79 Å². The zero-order valence-electron chi connectivity index (χ0n) is 15.6. The molecule has 1 fully saturated rings. The number of carbonyl (C=O) groups excluding carboxylic acids is 1. The number of likely N-dealkylation sites (tertiary alicyclic amines) is 1. The second kappa shape index (κ2) is 11.3. The van der Waals surface area contributed by atoms with Gasteiger partial charge in [0.15, 0.2) is 0 Å². The summed E-state index contributed by atoms with van der Waals surface area (Å²) >= 11 is 3.43. The maximum Gasteiger partial charge on any atom is 0.253 e. The Bertz CT molecular complexity index is 722. The van der Waals surface area contributed by atoms with Crippen LogP contribution in [0.3, 0.4) is 0 Å². The zero-order chi connectivity index (χ0) is 17.8. The molecule has 1 aromatic carbocycles. The highest BCUT2D eigenvalue weighted by Crippen LogP contribution is 2.25. The van der Waals surface area contributed by atoms with E-state index in [4.69, 9.17) is 5.73 Å². The third-order valence-electron chi connectivity index (χ3n) is 4.64. The first-order valence-electron chi connectivity index (χ1n) is 8.71. The zero-order valence-corrected chi connectivity index (χ0v) is 18.9. The predicted molar refractivity (Wildman–Crippen MR) is 120 cm³/mol. The average Bonchev–Trinajstić information content (AvgIpc) is 3.05. The summed E-state index contributed by atoms with van der Waals surface area (Å²) in [6, 6.07) is 8.08. The molecule has 0 aliphatic carbocycles. The maximum absolute atomic E-state index is 12.7. The van der Waals surface area contributed by atoms with Crippen molar-refractivity contribution in [2.24, 2.45) is 11.7 Å². The first-order valence-corrected chi connectivity index (χ1v) is 10.6. The number of hydrogen-bond acceptors (Lipinski definition) is 5. The third-order valence-corrected chi connectivity index (χ3v) is 6.51. The van der Waals surface area contributed by atoms with Crippen molar-refractivity contribution in [1.29, 1.82) is 0 Å². The molecule has 0 bridgehead atoms. The Hall–Kier alpha value is -0.790. The molecule has 1 aliphatic heterocycles. The summed E-state index contributed by atoms with van der Waals surface area (Å²) in [5.41, 5.74) is 7.90. The van der Waals surface area contributed by atoms with Crippen LogP contribution in [0, 0.1) is 12.8 Å². The number of aromatic nitrogens is 1. The number of hydrogen-bond donors (Lipinski definition) is 1. The van der Waals surface area contributed by atoms with Gasteiger partial charge in [-0.25, -0.2) is 4.98 Å². The summed E-state index contributed by atoms with van der Waals surface area (Å²) in [6.45, 7) is 5.67. The van der Waals surface area contributed by atoms with Crippen molar-refractivity contribution in [3.05, 3.63) is 45.9 Å². The number of amides is 1. The Morgan fingerprint density at radius 1 is 1.37 bits per heavy atom. The van der Waals surface area contributed by atoms with Crippen LogP contribution in [0.15, 0.2) is 34.5 Å². The summed E-state index contributed by atoms with van der Waals surface area (Å²) in [7, 11) is 0. The van der Waals surface area contributed by atoms with Crippen LogP contribution >= 0.6 is 47.9 Å². The minimum absolute atomic E-state index is 0. The molecule has 0 spiro atoms. The SMILES string of the molecule is Cc1nc(CSc2ccc(C(=O)N3CCCC(C(C)N)C3)cc2)cs1.Cl.Cl. The summed E-state index contributed by atoms with van der Waals surface area (Å²) in [5, 5.41) is 3.20. The lowest BCUT2D eigenvalue weighted by molar-refractivity contribution is 0.0661. The molecule has 0 radical (unpaired) electrons. The van der Waals surface area contributed by atoms with Crippen molar-refractivity contribution in [2.45, 2.75) is 43.4 Å². The van der Waals surface area contributed by atoms with Gasteiger partial charge in [-0.15, -0.1) is 47.9 Å². The van der Waals surface area contributed by atoms with Crippen LogP contribution < -0.4 is 5.73 Å². The molecule has 2 N–H and O–H groups in total. The highest BCUT2D eigenvalue weighted by atomic mass is 35.5. The number of thiazole rings is 1. The molecule has 1 aliphatic rings. The van der Waals surface area contributed by atoms with Gasteiger partial charge in [0.1, 0.15) is 0 Å². The van der Waals surface area contributed by atoms with Gasteiger partial charge in [0.05, 0.1) is 10.7 Å². The van der Waals surface area contributed by atoms with Crippen molar-refractivity contribution in [1.82, 2.24) is 9.88 Å². The van der Waals surface area contributed by atoms with Crippen LogP contribution in [0.25, 0.3) is 0 Å².